The van der Waals surface area contributed by atoms with Gasteiger partial charge in [0.25, 0.3) is 0 Å². The number of para-hydroxylation sites is 1. The molecule has 0 aliphatic heterocycles. The van der Waals surface area contributed by atoms with Gasteiger partial charge in [0.1, 0.15) is 0 Å². The molecule has 1 aromatic carbocycles. The fraction of sp³-hybridized carbons (Fsp3) is 0.533. The van der Waals surface area contributed by atoms with Crippen LogP contribution in [0.15, 0.2) is 24.3 Å². The molecular formula is C15H22N2O2S. The molecule has 20 heavy (non-hydrogen) atoms. The summed E-state index contributed by atoms with van der Waals surface area (Å²) in [5.41, 5.74) is 1.06. The Morgan fingerprint density at radius 2 is 1.90 bits per heavy atom. The van der Waals surface area contributed by atoms with Gasteiger partial charge in [-0.2, -0.15) is 0 Å². The van der Waals surface area contributed by atoms with Crippen molar-refractivity contribution >= 4 is 21.6 Å². The number of benzene rings is 1. The van der Waals surface area contributed by atoms with Crippen LogP contribution in [0.4, 0.5) is 0 Å². The number of nitrogens with one attached hydrogen (secondary N) is 1. The average Bonchev–Trinajstić information content (AvgIpc) is 2.87. The molecule has 0 amide bonds. The van der Waals surface area contributed by atoms with Crippen molar-refractivity contribution in [3.63, 3.8) is 0 Å². The molecule has 1 aromatic heterocycles. The molecule has 0 aliphatic carbocycles. The number of aromatic nitrogens is 1. The molecule has 0 spiro atoms. The van der Waals surface area contributed by atoms with Crippen molar-refractivity contribution in [1.82, 2.24) is 10.3 Å². The first-order chi connectivity index (χ1) is 9.78. The number of rotatable bonds is 8. The molecule has 2 rings (SSSR count). The van der Waals surface area contributed by atoms with Crippen LogP contribution in [0.2, 0.25) is 0 Å². The fourth-order valence-electron chi connectivity index (χ4n) is 2.14. The Hall–Kier alpha value is -1.01. The van der Waals surface area contributed by atoms with Gasteiger partial charge in [-0.3, -0.25) is 0 Å². The largest absolute Gasteiger partial charge is 0.351 e. The molecule has 1 heterocycles. The second kappa shape index (κ2) is 7.69. The van der Waals surface area contributed by atoms with Crippen molar-refractivity contribution in [2.75, 3.05) is 20.3 Å². The predicted octanol–water partition coefficient (Wildman–Crippen LogP) is 2.83. The number of likely N-dealkylation sites (N-methyl/N-ethyl adjacent to an activating group) is 1. The lowest BCUT2D eigenvalue weighted by atomic mass is 10.2. The minimum Gasteiger partial charge on any atom is -0.351 e. The lowest BCUT2D eigenvalue weighted by Gasteiger charge is -2.25. The van der Waals surface area contributed by atoms with Gasteiger partial charge in [0, 0.05) is 19.6 Å². The molecule has 1 atom stereocenters. The van der Waals surface area contributed by atoms with Crippen LogP contribution < -0.4 is 5.32 Å². The standard InChI is InChI=1S/C15H22N2O2S/c1-4-18-15(19-5-2)12(16-3)10-14-17-11-8-6-7-9-13(11)20-14/h6-9,12,15-16H,4-5,10H2,1-3H3. The number of hydrogen-bond donors (Lipinski definition) is 1. The van der Waals surface area contributed by atoms with Gasteiger partial charge >= 0.3 is 0 Å². The second-order valence-corrected chi connectivity index (χ2v) is 5.57. The van der Waals surface area contributed by atoms with E-state index in [0.29, 0.717) is 13.2 Å². The van der Waals surface area contributed by atoms with Crippen LogP contribution in [0.25, 0.3) is 10.2 Å². The van der Waals surface area contributed by atoms with Crippen LogP contribution in [-0.2, 0) is 15.9 Å². The van der Waals surface area contributed by atoms with Gasteiger partial charge in [0.05, 0.1) is 21.3 Å². The highest BCUT2D eigenvalue weighted by Gasteiger charge is 2.22. The molecule has 0 bridgehead atoms. The van der Waals surface area contributed by atoms with Crippen LogP contribution in [0.3, 0.4) is 0 Å². The smallest absolute Gasteiger partial charge is 0.173 e. The van der Waals surface area contributed by atoms with Crippen molar-refractivity contribution in [3.8, 4) is 0 Å². The quantitative estimate of drug-likeness (QED) is 0.760. The summed E-state index contributed by atoms with van der Waals surface area (Å²) in [6.45, 7) is 5.25. The lowest BCUT2D eigenvalue weighted by Crippen LogP contribution is -2.42. The third-order valence-corrected chi connectivity index (χ3v) is 4.15. The van der Waals surface area contributed by atoms with Gasteiger partial charge in [-0.25, -0.2) is 4.98 Å². The Kier molecular flexibility index (Phi) is 5.91. The van der Waals surface area contributed by atoms with Crippen molar-refractivity contribution < 1.29 is 9.47 Å². The van der Waals surface area contributed by atoms with E-state index in [1.165, 1.54) is 4.70 Å². The molecule has 0 saturated heterocycles. The van der Waals surface area contributed by atoms with Crippen LogP contribution >= 0.6 is 11.3 Å². The van der Waals surface area contributed by atoms with E-state index in [2.05, 4.69) is 16.4 Å². The molecule has 1 unspecified atom stereocenters. The summed E-state index contributed by atoms with van der Waals surface area (Å²) in [7, 11) is 1.93. The van der Waals surface area contributed by atoms with Gasteiger partial charge in [0.2, 0.25) is 0 Å². The molecule has 110 valence electrons. The van der Waals surface area contributed by atoms with Crippen LogP contribution in [-0.4, -0.2) is 37.6 Å². The maximum absolute atomic E-state index is 5.67. The molecule has 5 heteroatoms. The highest BCUT2D eigenvalue weighted by atomic mass is 32.1. The van der Waals surface area contributed by atoms with E-state index in [-0.39, 0.29) is 12.3 Å². The lowest BCUT2D eigenvalue weighted by molar-refractivity contribution is -0.152. The van der Waals surface area contributed by atoms with Gasteiger partial charge in [-0.15, -0.1) is 11.3 Å². The highest BCUT2D eigenvalue weighted by Crippen LogP contribution is 2.23. The summed E-state index contributed by atoms with van der Waals surface area (Å²) in [6, 6.07) is 8.32. The first-order valence-electron chi connectivity index (χ1n) is 7.03. The Morgan fingerprint density at radius 3 is 2.50 bits per heavy atom. The second-order valence-electron chi connectivity index (χ2n) is 4.45. The van der Waals surface area contributed by atoms with E-state index in [1.807, 2.05) is 39.1 Å². The minimum absolute atomic E-state index is 0.107. The van der Waals surface area contributed by atoms with E-state index in [0.717, 1.165) is 16.9 Å². The molecule has 0 saturated carbocycles. The summed E-state index contributed by atoms with van der Waals surface area (Å²) < 4.78 is 12.6. The molecule has 0 radical (unpaired) electrons. The third kappa shape index (κ3) is 3.76. The van der Waals surface area contributed by atoms with Crippen molar-refractivity contribution in [3.05, 3.63) is 29.3 Å². The normalized spacial score (nSPS) is 13.2. The summed E-state index contributed by atoms with van der Waals surface area (Å²) >= 11 is 1.73. The Balaban J connectivity index is 2.11. The van der Waals surface area contributed by atoms with E-state index < -0.39 is 0 Å². The topological polar surface area (TPSA) is 43.4 Å². The molecule has 0 fully saturated rings. The van der Waals surface area contributed by atoms with Gasteiger partial charge in [-0.1, -0.05) is 12.1 Å². The van der Waals surface area contributed by atoms with Gasteiger partial charge in [-0.05, 0) is 33.0 Å². The Bertz CT molecular complexity index is 490. The minimum atomic E-state index is -0.234. The summed E-state index contributed by atoms with van der Waals surface area (Å²) in [4.78, 5) is 4.67. The number of thiazole rings is 1. The maximum atomic E-state index is 5.67. The number of nitrogens with zero attached hydrogens (tertiary/aromatic N) is 1. The summed E-state index contributed by atoms with van der Waals surface area (Å²) in [5.74, 6) is 0. The zero-order chi connectivity index (χ0) is 14.4. The van der Waals surface area contributed by atoms with Crippen LogP contribution in [0.1, 0.15) is 18.9 Å². The molecule has 1 N–H and O–H groups in total. The first-order valence-corrected chi connectivity index (χ1v) is 7.85. The number of fused-ring (bicyclic) bond motifs is 1. The summed E-state index contributed by atoms with van der Waals surface area (Å²) in [6.07, 6.45) is 0.572. The predicted molar refractivity (Wildman–Crippen MR) is 83.2 cm³/mol. The molecule has 0 aliphatic rings. The summed E-state index contributed by atoms with van der Waals surface area (Å²) in [5, 5.41) is 4.39. The number of ether oxygens (including phenoxy) is 2. The zero-order valence-electron chi connectivity index (χ0n) is 12.3. The van der Waals surface area contributed by atoms with E-state index in [4.69, 9.17) is 9.47 Å². The fourth-order valence-corrected chi connectivity index (χ4v) is 3.16. The first kappa shape index (κ1) is 15.4. The van der Waals surface area contributed by atoms with E-state index in [1.54, 1.807) is 11.3 Å². The van der Waals surface area contributed by atoms with E-state index >= 15 is 0 Å². The van der Waals surface area contributed by atoms with Crippen molar-refractivity contribution in [2.45, 2.75) is 32.6 Å². The molecule has 2 aromatic rings. The van der Waals surface area contributed by atoms with Gasteiger partial charge in [0.15, 0.2) is 6.29 Å². The van der Waals surface area contributed by atoms with Crippen LogP contribution in [0, 0.1) is 0 Å². The molecule has 4 nitrogen and oxygen atoms in total. The van der Waals surface area contributed by atoms with Crippen molar-refractivity contribution in [1.29, 1.82) is 0 Å². The SMILES string of the molecule is CCOC(OCC)C(Cc1nc2ccccc2s1)NC. The average molecular weight is 294 g/mol. The molecular weight excluding hydrogens is 272 g/mol. The Labute approximate surface area is 124 Å². The monoisotopic (exact) mass is 294 g/mol. The third-order valence-electron chi connectivity index (χ3n) is 3.09. The van der Waals surface area contributed by atoms with E-state index in [9.17, 15) is 0 Å². The zero-order valence-corrected chi connectivity index (χ0v) is 13.1. The van der Waals surface area contributed by atoms with Crippen LogP contribution in [0.5, 0.6) is 0 Å². The highest BCUT2D eigenvalue weighted by molar-refractivity contribution is 7.18. The van der Waals surface area contributed by atoms with Crippen molar-refractivity contribution in [2.24, 2.45) is 0 Å². The maximum Gasteiger partial charge on any atom is 0.173 e. The van der Waals surface area contributed by atoms with Gasteiger partial charge < -0.3 is 14.8 Å². The Morgan fingerprint density at radius 1 is 1.20 bits per heavy atom. The number of hydrogen-bond acceptors (Lipinski definition) is 5.